The van der Waals surface area contributed by atoms with Crippen molar-refractivity contribution in [2.24, 2.45) is 0 Å². The molecule has 0 radical (unpaired) electrons. The zero-order valence-corrected chi connectivity index (χ0v) is 15.4. The number of benzene rings is 1. The first-order chi connectivity index (χ1) is 10.1. The van der Waals surface area contributed by atoms with E-state index in [0.717, 1.165) is 15.8 Å². The van der Waals surface area contributed by atoms with Crippen LogP contribution in [0.15, 0.2) is 30.5 Å². The number of nitrogens with zero attached hydrogens (tertiary/aromatic N) is 2. The van der Waals surface area contributed by atoms with Crippen molar-refractivity contribution in [2.45, 2.75) is 27.4 Å². The van der Waals surface area contributed by atoms with E-state index in [-0.39, 0.29) is 12.0 Å². The average Bonchev–Trinajstić information content (AvgIpc) is 2.36. The van der Waals surface area contributed by atoms with Crippen molar-refractivity contribution in [3.05, 3.63) is 53.2 Å². The predicted molar refractivity (Wildman–Crippen MR) is 79.2 cm³/mol. The first-order valence-electron chi connectivity index (χ1n) is 6.75. The van der Waals surface area contributed by atoms with Crippen LogP contribution in [0.3, 0.4) is 0 Å². The second-order valence-corrected chi connectivity index (χ2v) is 20.4. The van der Waals surface area contributed by atoms with Crippen LogP contribution in [0.25, 0.3) is 0 Å². The van der Waals surface area contributed by atoms with E-state index in [1.165, 1.54) is 0 Å². The molecule has 0 amide bonds. The Morgan fingerprint density at radius 2 is 1.77 bits per heavy atom. The monoisotopic (exact) mass is 420 g/mol. The molecule has 0 aliphatic carbocycles. The molecule has 22 heavy (non-hydrogen) atoms. The van der Waals surface area contributed by atoms with E-state index in [9.17, 15) is 17.6 Å². The topological polar surface area (TPSA) is 25.8 Å². The van der Waals surface area contributed by atoms with E-state index in [0.29, 0.717) is 11.9 Å². The van der Waals surface area contributed by atoms with Gasteiger partial charge in [-0.15, -0.1) is 0 Å². The Hall–Kier alpha value is -1.18. The van der Waals surface area contributed by atoms with Gasteiger partial charge < -0.3 is 0 Å². The maximum atomic E-state index is 13.4. The Kier molecular flexibility index (Phi) is 4.79. The quantitative estimate of drug-likeness (QED) is 0.560. The summed E-state index contributed by atoms with van der Waals surface area (Å²) in [5.41, 5.74) is -0.776. The van der Waals surface area contributed by atoms with E-state index in [2.05, 4.69) is 24.8 Å². The molecule has 0 N–H and O–H groups in total. The van der Waals surface area contributed by atoms with Gasteiger partial charge in [0.15, 0.2) is 0 Å². The molecule has 118 valence electrons. The first-order valence-corrected chi connectivity index (χ1v) is 16.7. The molecule has 0 spiro atoms. The van der Waals surface area contributed by atoms with E-state index in [4.69, 9.17) is 0 Å². The number of alkyl halides is 3. The summed E-state index contributed by atoms with van der Waals surface area (Å²) in [6, 6.07) is 4.38. The van der Waals surface area contributed by atoms with Crippen molar-refractivity contribution < 1.29 is 17.6 Å². The Bertz CT molecular complexity index is 678. The Balaban J connectivity index is 2.34. The molecular weight excluding hydrogens is 403 g/mol. The SMILES string of the molecule is [CH3][Sn]([CH3])([CH3])[c]1ccnc(Cc2cc(F)cc(C(F)(F)F)c2)n1. The molecule has 0 saturated heterocycles. The van der Waals surface area contributed by atoms with Gasteiger partial charge in [-0.25, -0.2) is 0 Å². The summed E-state index contributed by atoms with van der Waals surface area (Å²) in [7, 11) is 0. The minimum atomic E-state index is -4.57. The summed E-state index contributed by atoms with van der Waals surface area (Å²) < 4.78 is 52.5. The van der Waals surface area contributed by atoms with Gasteiger partial charge in [0.2, 0.25) is 0 Å². The van der Waals surface area contributed by atoms with Gasteiger partial charge in [-0.05, 0) is 0 Å². The third-order valence-corrected chi connectivity index (χ3v) is 8.30. The summed E-state index contributed by atoms with van der Waals surface area (Å²) in [6.45, 7) is 0. The molecule has 0 unspecified atom stereocenters. The Labute approximate surface area is 130 Å². The van der Waals surface area contributed by atoms with Gasteiger partial charge in [-0.2, -0.15) is 0 Å². The third kappa shape index (κ3) is 4.41. The normalized spacial score (nSPS) is 12.5. The van der Waals surface area contributed by atoms with Crippen LogP contribution >= 0.6 is 0 Å². The van der Waals surface area contributed by atoms with Crippen LogP contribution in [0.1, 0.15) is 17.0 Å². The van der Waals surface area contributed by atoms with Crippen LogP contribution in [0.2, 0.25) is 14.8 Å². The van der Waals surface area contributed by atoms with Gasteiger partial charge in [-0.1, -0.05) is 0 Å². The molecule has 0 bridgehead atoms. The van der Waals surface area contributed by atoms with Crippen LogP contribution in [0.4, 0.5) is 17.6 Å². The van der Waals surface area contributed by atoms with E-state index >= 15 is 0 Å². The van der Waals surface area contributed by atoms with Crippen molar-refractivity contribution in [1.82, 2.24) is 9.97 Å². The Morgan fingerprint density at radius 3 is 2.36 bits per heavy atom. The zero-order valence-electron chi connectivity index (χ0n) is 12.5. The van der Waals surface area contributed by atoms with Crippen molar-refractivity contribution >= 4 is 22.1 Å². The second-order valence-electron chi connectivity index (χ2n) is 6.13. The molecule has 0 atom stereocenters. The molecular formula is C15H16F4N2Sn. The number of aromatic nitrogens is 2. The van der Waals surface area contributed by atoms with E-state index in [1.54, 1.807) is 6.20 Å². The van der Waals surface area contributed by atoms with Crippen LogP contribution in [0, 0.1) is 5.82 Å². The molecule has 2 rings (SSSR count). The van der Waals surface area contributed by atoms with Gasteiger partial charge in [0.05, 0.1) is 0 Å². The standard InChI is InChI=1S/C12H7F4N2.3CH3.Sn/c13-10-5-8(4-9(7-10)12(14,15)16)6-11-17-2-1-3-18-11;;;;/h1-2,4-5,7H,6H2;3*1H3;. The van der Waals surface area contributed by atoms with E-state index in [1.807, 2.05) is 6.07 Å². The number of hydrogen-bond acceptors (Lipinski definition) is 2. The fourth-order valence-corrected chi connectivity index (χ4v) is 4.97. The molecule has 2 aromatic rings. The summed E-state index contributed by atoms with van der Waals surface area (Å²) in [6.07, 6.45) is -2.87. The molecule has 0 aliphatic rings. The van der Waals surface area contributed by atoms with Crippen molar-refractivity contribution in [3.63, 3.8) is 0 Å². The van der Waals surface area contributed by atoms with Crippen molar-refractivity contribution in [2.75, 3.05) is 0 Å². The van der Waals surface area contributed by atoms with Crippen molar-refractivity contribution in [3.8, 4) is 0 Å². The molecule has 2 nitrogen and oxygen atoms in total. The predicted octanol–water partition coefficient (Wildman–Crippen LogP) is 3.77. The Morgan fingerprint density at radius 1 is 1.09 bits per heavy atom. The van der Waals surface area contributed by atoms with Crippen LogP contribution in [-0.4, -0.2) is 28.3 Å². The van der Waals surface area contributed by atoms with E-state index < -0.39 is 35.9 Å². The number of hydrogen-bond donors (Lipinski definition) is 0. The molecule has 0 fully saturated rings. The molecule has 0 aliphatic heterocycles. The van der Waals surface area contributed by atoms with Gasteiger partial charge in [0.1, 0.15) is 0 Å². The molecule has 1 aromatic heterocycles. The summed E-state index contributed by atoms with van der Waals surface area (Å²) in [5.74, 6) is -0.487. The fraction of sp³-hybridized carbons (Fsp3) is 0.333. The summed E-state index contributed by atoms with van der Waals surface area (Å²) in [4.78, 5) is 15.1. The van der Waals surface area contributed by atoms with Crippen molar-refractivity contribution in [1.29, 1.82) is 0 Å². The summed E-state index contributed by atoms with van der Waals surface area (Å²) in [5, 5.41) is 0. The molecule has 0 saturated carbocycles. The zero-order chi connectivity index (χ0) is 16.5. The van der Waals surface area contributed by atoms with Crippen LogP contribution in [0.5, 0.6) is 0 Å². The fourth-order valence-electron chi connectivity index (χ4n) is 2.00. The van der Waals surface area contributed by atoms with Gasteiger partial charge in [-0.3, -0.25) is 0 Å². The maximum absolute atomic E-state index is 13.4. The second kappa shape index (κ2) is 6.14. The average molecular weight is 419 g/mol. The third-order valence-electron chi connectivity index (χ3n) is 3.12. The summed E-state index contributed by atoms with van der Waals surface area (Å²) >= 11 is -2.38. The van der Waals surface area contributed by atoms with Gasteiger partial charge in [0.25, 0.3) is 0 Å². The van der Waals surface area contributed by atoms with Gasteiger partial charge in [0, 0.05) is 0 Å². The molecule has 1 heterocycles. The van der Waals surface area contributed by atoms with Gasteiger partial charge >= 0.3 is 130 Å². The number of halogens is 4. The molecule has 1 aromatic carbocycles. The first kappa shape index (κ1) is 17.2. The van der Waals surface area contributed by atoms with Crippen LogP contribution in [-0.2, 0) is 12.6 Å². The molecule has 7 heteroatoms. The van der Waals surface area contributed by atoms with Crippen LogP contribution < -0.4 is 3.71 Å². The number of rotatable bonds is 3. The minimum absolute atomic E-state index is 0.0800.